The van der Waals surface area contributed by atoms with Crippen LogP contribution >= 0.6 is 0 Å². The highest BCUT2D eigenvalue weighted by molar-refractivity contribution is 6.05. The average molecular weight is 316 g/mol. The number of ether oxygens (including phenoxy) is 1. The van der Waals surface area contributed by atoms with E-state index in [1.165, 1.54) is 6.07 Å². The van der Waals surface area contributed by atoms with Gasteiger partial charge in [0.2, 0.25) is 5.69 Å². The molecule has 1 aromatic carbocycles. The molecule has 3 rings (SSSR count). The first kappa shape index (κ1) is 14.9. The Bertz CT molecular complexity index is 878. The van der Waals surface area contributed by atoms with Crippen molar-refractivity contribution >= 4 is 28.6 Å². The number of esters is 1. The minimum absolute atomic E-state index is 0.0549. The smallest absolute Gasteiger partial charge is 0.361 e. The molecule has 0 bridgehead atoms. The number of hydrogen-bond acceptors (Lipinski definition) is 7. The molecule has 0 saturated carbocycles. The molecule has 0 radical (unpaired) electrons. The average Bonchev–Trinajstić information content (AvgIpc) is 2.93. The number of para-hydroxylation sites is 1. The number of carbonyl (C=O) groups is 1. The number of fused-ring (bicyclic) bond motifs is 1. The lowest BCUT2D eigenvalue weighted by molar-refractivity contribution is 0.0517. The van der Waals surface area contributed by atoms with Crippen molar-refractivity contribution in [3.63, 3.8) is 0 Å². The quantitative estimate of drug-likeness (QED) is 0.740. The third-order valence-corrected chi connectivity index (χ3v) is 3.04. The van der Waals surface area contributed by atoms with Crippen molar-refractivity contribution in [3.05, 3.63) is 41.6 Å². The summed E-state index contributed by atoms with van der Waals surface area (Å²) in [4.78, 5) is 20.3. The van der Waals surface area contributed by atoms with Gasteiger partial charge in [-0.3, -0.25) is 0 Å². The van der Waals surface area contributed by atoms with Crippen LogP contribution in [0.3, 0.4) is 0 Å². The van der Waals surface area contributed by atoms with Gasteiger partial charge < -0.3 is 14.6 Å². The monoisotopic (exact) mass is 316 g/mol. The van der Waals surface area contributed by atoms with E-state index in [9.17, 15) is 9.18 Å². The van der Waals surface area contributed by atoms with Crippen LogP contribution in [0.2, 0.25) is 0 Å². The normalized spacial score (nSPS) is 10.7. The maximum absolute atomic E-state index is 13.8. The fourth-order valence-corrected chi connectivity index (χ4v) is 2.08. The molecule has 3 aromatic rings. The van der Waals surface area contributed by atoms with Gasteiger partial charge >= 0.3 is 5.97 Å². The molecule has 0 fully saturated rings. The summed E-state index contributed by atoms with van der Waals surface area (Å²) in [6, 6.07) is 6.12. The number of rotatable bonds is 4. The SMILES string of the molecule is CCOC(=O)c1noc2nc(C)nc(Nc3ccccc3F)c12. The summed E-state index contributed by atoms with van der Waals surface area (Å²) < 4.78 is 23.9. The molecule has 0 atom stereocenters. The lowest BCUT2D eigenvalue weighted by Crippen LogP contribution is -2.07. The molecule has 0 unspecified atom stereocenters. The van der Waals surface area contributed by atoms with Crippen LogP contribution in [0.4, 0.5) is 15.9 Å². The Morgan fingerprint density at radius 3 is 2.87 bits per heavy atom. The van der Waals surface area contributed by atoms with Crippen molar-refractivity contribution in [1.82, 2.24) is 15.1 Å². The second-order valence-corrected chi connectivity index (χ2v) is 4.66. The largest absolute Gasteiger partial charge is 0.461 e. The summed E-state index contributed by atoms with van der Waals surface area (Å²) in [5, 5.41) is 6.79. The zero-order chi connectivity index (χ0) is 16.4. The van der Waals surface area contributed by atoms with Gasteiger partial charge in [-0.15, -0.1) is 0 Å². The fraction of sp³-hybridized carbons (Fsp3) is 0.200. The summed E-state index contributed by atoms with van der Waals surface area (Å²) >= 11 is 0. The van der Waals surface area contributed by atoms with Crippen LogP contribution in [-0.4, -0.2) is 27.7 Å². The molecule has 0 aliphatic carbocycles. The molecule has 118 valence electrons. The predicted octanol–water partition coefficient (Wildman–Crippen LogP) is 2.99. The number of aryl methyl sites for hydroxylation is 1. The van der Waals surface area contributed by atoms with E-state index in [0.29, 0.717) is 5.82 Å². The van der Waals surface area contributed by atoms with Gasteiger partial charge in [-0.1, -0.05) is 17.3 Å². The molecule has 0 saturated heterocycles. The summed E-state index contributed by atoms with van der Waals surface area (Å²) in [6.45, 7) is 3.52. The molecule has 23 heavy (non-hydrogen) atoms. The summed E-state index contributed by atoms with van der Waals surface area (Å²) in [7, 11) is 0. The summed E-state index contributed by atoms with van der Waals surface area (Å²) in [5.74, 6) is -0.494. The van der Waals surface area contributed by atoms with E-state index >= 15 is 0 Å². The van der Waals surface area contributed by atoms with Crippen molar-refractivity contribution in [2.24, 2.45) is 0 Å². The number of hydrogen-bond donors (Lipinski definition) is 1. The third kappa shape index (κ3) is 2.83. The van der Waals surface area contributed by atoms with Gasteiger partial charge in [0.05, 0.1) is 12.3 Å². The molecule has 0 amide bonds. The molecule has 1 N–H and O–H groups in total. The Morgan fingerprint density at radius 1 is 1.35 bits per heavy atom. The van der Waals surface area contributed by atoms with E-state index in [0.717, 1.165) is 0 Å². The second-order valence-electron chi connectivity index (χ2n) is 4.66. The van der Waals surface area contributed by atoms with Crippen LogP contribution in [-0.2, 0) is 4.74 Å². The maximum atomic E-state index is 13.8. The van der Waals surface area contributed by atoms with E-state index in [-0.39, 0.29) is 34.9 Å². The Labute approximate surface area is 130 Å². The van der Waals surface area contributed by atoms with Crippen LogP contribution in [0.5, 0.6) is 0 Å². The Kier molecular flexibility index (Phi) is 3.88. The lowest BCUT2D eigenvalue weighted by Gasteiger charge is -2.08. The summed E-state index contributed by atoms with van der Waals surface area (Å²) in [5.41, 5.74) is 0.281. The van der Waals surface area contributed by atoms with Crippen LogP contribution in [0.25, 0.3) is 11.1 Å². The van der Waals surface area contributed by atoms with E-state index in [2.05, 4.69) is 20.4 Å². The molecule has 7 nitrogen and oxygen atoms in total. The van der Waals surface area contributed by atoms with Gasteiger partial charge in [0.25, 0.3) is 5.71 Å². The van der Waals surface area contributed by atoms with Gasteiger partial charge in [-0.05, 0) is 26.0 Å². The van der Waals surface area contributed by atoms with E-state index in [1.807, 2.05) is 0 Å². The summed E-state index contributed by atoms with van der Waals surface area (Å²) in [6.07, 6.45) is 0. The van der Waals surface area contributed by atoms with Gasteiger partial charge in [-0.2, -0.15) is 4.98 Å². The van der Waals surface area contributed by atoms with E-state index < -0.39 is 11.8 Å². The first-order chi connectivity index (χ1) is 11.1. The van der Waals surface area contributed by atoms with Crippen molar-refractivity contribution < 1.29 is 18.4 Å². The number of benzene rings is 1. The molecular weight excluding hydrogens is 303 g/mol. The lowest BCUT2D eigenvalue weighted by atomic mass is 10.2. The van der Waals surface area contributed by atoms with Crippen molar-refractivity contribution in [1.29, 1.82) is 0 Å². The van der Waals surface area contributed by atoms with Gasteiger partial charge in [0, 0.05) is 0 Å². The minimum Gasteiger partial charge on any atom is -0.461 e. The molecule has 0 spiro atoms. The van der Waals surface area contributed by atoms with Crippen molar-refractivity contribution in [3.8, 4) is 0 Å². The topological polar surface area (TPSA) is 90.1 Å². The molecule has 8 heteroatoms. The Hall–Kier alpha value is -3.03. The number of nitrogens with zero attached hydrogens (tertiary/aromatic N) is 3. The first-order valence-electron chi connectivity index (χ1n) is 6.93. The highest BCUT2D eigenvalue weighted by atomic mass is 19.1. The molecular formula is C15H13FN4O3. The highest BCUT2D eigenvalue weighted by Crippen LogP contribution is 2.28. The predicted molar refractivity (Wildman–Crippen MR) is 80.0 cm³/mol. The van der Waals surface area contributed by atoms with Crippen LogP contribution in [0, 0.1) is 12.7 Å². The van der Waals surface area contributed by atoms with Crippen LogP contribution in [0.15, 0.2) is 28.8 Å². The number of halogens is 1. The Morgan fingerprint density at radius 2 is 2.13 bits per heavy atom. The minimum atomic E-state index is -0.657. The zero-order valence-corrected chi connectivity index (χ0v) is 12.5. The second kappa shape index (κ2) is 5.99. The fourth-order valence-electron chi connectivity index (χ4n) is 2.08. The molecule has 2 aromatic heterocycles. The van der Waals surface area contributed by atoms with Gasteiger partial charge in [-0.25, -0.2) is 14.2 Å². The number of carbonyl (C=O) groups excluding carboxylic acids is 1. The first-order valence-corrected chi connectivity index (χ1v) is 6.93. The van der Waals surface area contributed by atoms with E-state index in [1.54, 1.807) is 32.0 Å². The van der Waals surface area contributed by atoms with Gasteiger partial charge in [0.1, 0.15) is 22.8 Å². The third-order valence-electron chi connectivity index (χ3n) is 3.04. The molecule has 2 heterocycles. The standard InChI is InChI=1S/C15H13FN4O3/c1-3-22-15(21)12-11-13(17-8(2)18-14(11)23-20-12)19-10-7-5-4-6-9(10)16/h4-7H,3H2,1-2H3,(H,17,18,19). The van der Waals surface area contributed by atoms with Crippen molar-refractivity contribution in [2.75, 3.05) is 11.9 Å². The number of aromatic nitrogens is 3. The van der Waals surface area contributed by atoms with Crippen LogP contribution in [0.1, 0.15) is 23.2 Å². The van der Waals surface area contributed by atoms with E-state index in [4.69, 9.17) is 9.26 Å². The zero-order valence-electron chi connectivity index (χ0n) is 12.5. The van der Waals surface area contributed by atoms with Crippen molar-refractivity contribution in [2.45, 2.75) is 13.8 Å². The number of anilines is 2. The molecule has 0 aliphatic rings. The highest BCUT2D eigenvalue weighted by Gasteiger charge is 2.23. The van der Waals surface area contributed by atoms with Crippen LogP contribution < -0.4 is 5.32 Å². The number of nitrogens with one attached hydrogen (secondary N) is 1. The molecule has 0 aliphatic heterocycles. The van der Waals surface area contributed by atoms with Gasteiger partial charge in [0.15, 0.2) is 0 Å². The Balaban J connectivity index is 2.13. The maximum Gasteiger partial charge on any atom is 0.361 e.